The van der Waals surface area contributed by atoms with Crippen LogP contribution in [-0.2, 0) is 14.4 Å². The third-order valence-electron chi connectivity index (χ3n) is 4.17. The van der Waals surface area contributed by atoms with E-state index < -0.39 is 11.9 Å². The third-order valence-corrected chi connectivity index (χ3v) is 4.17. The van der Waals surface area contributed by atoms with Crippen molar-refractivity contribution in [2.75, 3.05) is 38.8 Å². The minimum Gasteiger partial charge on any atom is -0.497 e. The second kappa shape index (κ2) is 7.87. The Bertz CT molecular complexity index is 675. The summed E-state index contributed by atoms with van der Waals surface area (Å²) in [6, 6.07) is 5.08. The maximum atomic E-state index is 12.5. The van der Waals surface area contributed by atoms with Gasteiger partial charge in [0.2, 0.25) is 11.8 Å². The summed E-state index contributed by atoms with van der Waals surface area (Å²) < 4.78 is 10.5. The molecule has 1 aromatic carbocycles. The summed E-state index contributed by atoms with van der Waals surface area (Å²) in [5.74, 6) is -1.11. The molecule has 0 bridgehead atoms. The molecule has 1 aromatic rings. The van der Waals surface area contributed by atoms with Crippen LogP contribution < -0.4 is 14.4 Å². The maximum Gasteiger partial charge on any atom is 0.323 e. The SMILES string of the molecule is CCN(CC(=O)O)C(=O)C1CC(=O)N(c2ccc(OC)cc2OC)C1. The van der Waals surface area contributed by atoms with E-state index in [1.54, 1.807) is 25.1 Å². The van der Waals surface area contributed by atoms with Gasteiger partial charge in [0, 0.05) is 25.6 Å². The fraction of sp³-hybridized carbons (Fsp3) is 0.471. The Morgan fingerprint density at radius 3 is 2.60 bits per heavy atom. The van der Waals surface area contributed by atoms with Crippen LogP contribution in [0.5, 0.6) is 11.5 Å². The number of methoxy groups -OCH3 is 2. The number of likely N-dealkylation sites (N-methyl/N-ethyl adjacent to an activating group) is 1. The first-order valence-electron chi connectivity index (χ1n) is 7.94. The summed E-state index contributed by atoms with van der Waals surface area (Å²) in [5.41, 5.74) is 0.560. The summed E-state index contributed by atoms with van der Waals surface area (Å²) in [6.07, 6.45) is 0.0458. The zero-order chi connectivity index (χ0) is 18.6. The van der Waals surface area contributed by atoms with Gasteiger partial charge in [0.05, 0.1) is 25.8 Å². The molecule has 0 spiro atoms. The molecule has 1 heterocycles. The summed E-state index contributed by atoms with van der Waals surface area (Å²) in [5, 5.41) is 8.91. The number of carboxylic acid groups (broad SMARTS) is 1. The first kappa shape index (κ1) is 18.6. The predicted octanol–water partition coefficient (Wildman–Crippen LogP) is 0.990. The van der Waals surface area contributed by atoms with Gasteiger partial charge in [-0.15, -0.1) is 0 Å². The number of hydrogen-bond donors (Lipinski definition) is 1. The highest BCUT2D eigenvalue weighted by molar-refractivity contribution is 6.01. The van der Waals surface area contributed by atoms with Crippen molar-refractivity contribution in [3.63, 3.8) is 0 Å². The molecule has 8 heteroatoms. The molecule has 1 aliphatic heterocycles. The lowest BCUT2D eigenvalue weighted by molar-refractivity contribution is -0.146. The summed E-state index contributed by atoms with van der Waals surface area (Å²) >= 11 is 0. The average molecular weight is 350 g/mol. The van der Waals surface area contributed by atoms with Gasteiger partial charge < -0.3 is 24.4 Å². The molecule has 1 atom stereocenters. The van der Waals surface area contributed by atoms with Crippen molar-refractivity contribution in [3.05, 3.63) is 18.2 Å². The topological polar surface area (TPSA) is 96.4 Å². The monoisotopic (exact) mass is 350 g/mol. The molecule has 25 heavy (non-hydrogen) atoms. The van der Waals surface area contributed by atoms with Crippen LogP contribution in [0, 0.1) is 5.92 Å². The highest BCUT2D eigenvalue weighted by Gasteiger charge is 2.38. The second-order valence-electron chi connectivity index (χ2n) is 5.69. The molecular formula is C17H22N2O6. The van der Waals surface area contributed by atoms with E-state index in [0.717, 1.165) is 0 Å². The van der Waals surface area contributed by atoms with E-state index in [-0.39, 0.29) is 37.9 Å². The maximum absolute atomic E-state index is 12.5. The van der Waals surface area contributed by atoms with E-state index in [9.17, 15) is 14.4 Å². The second-order valence-corrected chi connectivity index (χ2v) is 5.69. The van der Waals surface area contributed by atoms with Gasteiger partial charge in [-0.05, 0) is 19.1 Å². The number of rotatable bonds is 7. The highest BCUT2D eigenvalue weighted by atomic mass is 16.5. The van der Waals surface area contributed by atoms with Crippen molar-refractivity contribution < 1.29 is 29.0 Å². The molecule has 136 valence electrons. The smallest absolute Gasteiger partial charge is 0.323 e. The van der Waals surface area contributed by atoms with E-state index in [1.807, 2.05) is 0 Å². The standard InChI is InChI=1S/C17H22N2O6/c1-4-18(10-16(21)22)17(23)11-7-15(20)19(9-11)13-6-5-12(24-2)8-14(13)25-3/h5-6,8,11H,4,7,9-10H2,1-3H3,(H,21,22). The number of amides is 2. The Labute approximate surface area is 145 Å². The van der Waals surface area contributed by atoms with Gasteiger partial charge in [0.15, 0.2) is 0 Å². The van der Waals surface area contributed by atoms with Crippen LogP contribution in [-0.4, -0.2) is 61.6 Å². The van der Waals surface area contributed by atoms with Gasteiger partial charge in [-0.25, -0.2) is 0 Å². The number of anilines is 1. The molecule has 1 N–H and O–H groups in total. The lowest BCUT2D eigenvalue weighted by Gasteiger charge is -2.23. The van der Waals surface area contributed by atoms with E-state index in [4.69, 9.17) is 14.6 Å². The van der Waals surface area contributed by atoms with Crippen LogP contribution in [0.25, 0.3) is 0 Å². The molecule has 0 aliphatic carbocycles. The molecule has 0 radical (unpaired) electrons. The normalized spacial score (nSPS) is 16.7. The molecule has 0 aromatic heterocycles. The lowest BCUT2D eigenvalue weighted by Crippen LogP contribution is -2.40. The van der Waals surface area contributed by atoms with Crippen molar-refractivity contribution in [1.82, 2.24) is 4.90 Å². The van der Waals surface area contributed by atoms with Gasteiger partial charge in [-0.2, -0.15) is 0 Å². The fourth-order valence-corrected chi connectivity index (χ4v) is 2.88. The molecule has 2 rings (SSSR count). The van der Waals surface area contributed by atoms with E-state index in [2.05, 4.69) is 0 Å². The number of nitrogens with zero attached hydrogens (tertiary/aromatic N) is 2. The van der Waals surface area contributed by atoms with Gasteiger partial charge >= 0.3 is 5.97 Å². The summed E-state index contributed by atoms with van der Waals surface area (Å²) in [4.78, 5) is 38.5. The average Bonchev–Trinajstić information content (AvgIpc) is 2.99. The Morgan fingerprint density at radius 2 is 2.04 bits per heavy atom. The number of aliphatic carboxylic acids is 1. The zero-order valence-corrected chi connectivity index (χ0v) is 14.5. The quantitative estimate of drug-likeness (QED) is 0.788. The van der Waals surface area contributed by atoms with Gasteiger partial charge in [0.1, 0.15) is 18.0 Å². The number of ether oxygens (including phenoxy) is 2. The minimum absolute atomic E-state index is 0.0458. The summed E-state index contributed by atoms with van der Waals surface area (Å²) in [6.45, 7) is 1.81. The minimum atomic E-state index is -1.08. The van der Waals surface area contributed by atoms with Crippen molar-refractivity contribution in [2.45, 2.75) is 13.3 Å². The third kappa shape index (κ3) is 4.01. The number of carbonyl (C=O) groups is 3. The van der Waals surface area contributed by atoms with Crippen molar-refractivity contribution in [2.24, 2.45) is 5.92 Å². The summed E-state index contributed by atoms with van der Waals surface area (Å²) in [7, 11) is 3.03. The van der Waals surface area contributed by atoms with Gasteiger partial charge in [-0.3, -0.25) is 14.4 Å². The van der Waals surface area contributed by atoms with Crippen LogP contribution in [0.3, 0.4) is 0 Å². The van der Waals surface area contributed by atoms with Crippen molar-refractivity contribution in [1.29, 1.82) is 0 Å². The van der Waals surface area contributed by atoms with E-state index >= 15 is 0 Å². The highest BCUT2D eigenvalue weighted by Crippen LogP contribution is 2.36. The largest absolute Gasteiger partial charge is 0.497 e. The molecule has 1 unspecified atom stereocenters. The van der Waals surface area contributed by atoms with Gasteiger partial charge in [0.25, 0.3) is 0 Å². The first-order valence-corrected chi connectivity index (χ1v) is 7.94. The van der Waals surface area contributed by atoms with Crippen molar-refractivity contribution in [3.8, 4) is 11.5 Å². The Morgan fingerprint density at radius 1 is 1.32 bits per heavy atom. The number of carbonyl (C=O) groups excluding carboxylic acids is 2. The van der Waals surface area contributed by atoms with Crippen LogP contribution in [0.4, 0.5) is 5.69 Å². The van der Waals surface area contributed by atoms with Crippen molar-refractivity contribution >= 4 is 23.5 Å². The first-order chi connectivity index (χ1) is 11.9. The zero-order valence-electron chi connectivity index (χ0n) is 14.5. The molecule has 1 saturated heterocycles. The molecular weight excluding hydrogens is 328 g/mol. The van der Waals surface area contributed by atoms with E-state index in [0.29, 0.717) is 17.2 Å². The molecule has 0 saturated carbocycles. The number of hydrogen-bond acceptors (Lipinski definition) is 5. The molecule has 8 nitrogen and oxygen atoms in total. The lowest BCUT2D eigenvalue weighted by atomic mass is 10.1. The predicted molar refractivity (Wildman–Crippen MR) is 89.9 cm³/mol. The Kier molecular flexibility index (Phi) is 5.84. The molecule has 1 fully saturated rings. The van der Waals surface area contributed by atoms with Gasteiger partial charge in [-0.1, -0.05) is 0 Å². The number of benzene rings is 1. The van der Waals surface area contributed by atoms with E-state index in [1.165, 1.54) is 24.0 Å². The van der Waals surface area contributed by atoms with Crippen LogP contribution in [0.1, 0.15) is 13.3 Å². The molecule has 1 aliphatic rings. The number of carboxylic acids is 1. The Balaban J connectivity index is 2.20. The van der Waals surface area contributed by atoms with Crippen LogP contribution in [0.2, 0.25) is 0 Å². The fourth-order valence-electron chi connectivity index (χ4n) is 2.88. The van der Waals surface area contributed by atoms with Crippen LogP contribution >= 0.6 is 0 Å². The molecule has 2 amide bonds. The Hall–Kier alpha value is -2.77. The van der Waals surface area contributed by atoms with Crippen LogP contribution in [0.15, 0.2) is 18.2 Å².